The summed E-state index contributed by atoms with van der Waals surface area (Å²) in [6, 6.07) is 9.41. The summed E-state index contributed by atoms with van der Waals surface area (Å²) in [6.07, 6.45) is 1.48. The second-order valence-corrected chi connectivity index (χ2v) is 6.75. The molecular formula is C17H18BrClN2O3. The number of morpholine rings is 1. The highest BCUT2D eigenvalue weighted by Gasteiger charge is 2.25. The zero-order valence-corrected chi connectivity index (χ0v) is 15.3. The Balaban J connectivity index is 1.76. The number of ether oxygens (including phenoxy) is 1. The molecule has 2 aromatic rings. The standard InChI is InChI=1S/C17H18BrClN2O3/c18-13-5-8-24-16(13)17(22)20-11-15(21-6-9-23-10-7-21)12-3-1-2-4-14(12)19/h1-5,8,15H,6-7,9-11H2,(H,20,22). The molecule has 3 rings (SSSR count). The molecular weight excluding hydrogens is 396 g/mol. The number of benzene rings is 1. The third-order valence-corrected chi connectivity index (χ3v) is 5.00. The number of amides is 1. The minimum absolute atomic E-state index is 0.0136. The fraction of sp³-hybridized carbons (Fsp3) is 0.353. The van der Waals surface area contributed by atoms with Crippen molar-refractivity contribution in [3.05, 3.63) is 57.4 Å². The van der Waals surface area contributed by atoms with E-state index in [1.165, 1.54) is 6.26 Å². The van der Waals surface area contributed by atoms with Gasteiger partial charge in [0.15, 0.2) is 0 Å². The predicted molar refractivity (Wildman–Crippen MR) is 95.3 cm³/mol. The fourth-order valence-corrected chi connectivity index (χ4v) is 3.44. The van der Waals surface area contributed by atoms with Crippen molar-refractivity contribution < 1.29 is 13.9 Å². The largest absolute Gasteiger partial charge is 0.458 e. The van der Waals surface area contributed by atoms with Crippen LogP contribution in [-0.4, -0.2) is 43.7 Å². The number of furan rings is 1. The van der Waals surface area contributed by atoms with E-state index in [0.717, 1.165) is 18.7 Å². The Labute approximate surface area is 154 Å². The molecule has 24 heavy (non-hydrogen) atoms. The van der Waals surface area contributed by atoms with Crippen LogP contribution < -0.4 is 5.32 Å². The van der Waals surface area contributed by atoms with Gasteiger partial charge in [-0.2, -0.15) is 0 Å². The van der Waals surface area contributed by atoms with Gasteiger partial charge in [0.1, 0.15) is 0 Å². The number of hydrogen-bond acceptors (Lipinski definition) is 4. The molecule has 1 atom stereocenters. The third-order valence-electron chi connectivity index (χ3n) is 4.03. The smallest absolute Gasteiger partial charge is 0.288 e. The molecule has 128 valence electrons. The van der Waals surface area contributed by atoms with Gasteiger partial charge in [0.05, 0.1) is 30.0 Å². The molecule has 1 aliphatic rings. The molecule has 1 aromatic heterocycles. The van der Waals surface area contributed by atoms with Crippen molar-refractivity contribution in [2.45, 2.75) is 6.04 Å². The van der Waals surface area contributed by atoms with Crippen LogP contribution in [0.25, 0.3) is 0 Å². The second-order valence-electron chi connectivity index (χ2n) is 5.49. The molecule has 1 fully saturated rings. The Kier molecular flexibility index (Phi) is 5.94. The molecule has 1 amide bonds. The molecule has 5 nitrogen and oxygen atoms in total. The third kappa shape index (κ3) is 4.00. The first-order valence-corrected chi connectivity index (χ1v) is 8.91. The Morgan fingerprint density at radius 1 is 1.29 bits per heavy atom. The molecule has 0 saturated carbocycles. The summed E-state index contributed by atoms with van der Waals surface area (Å²) in [6.45, 7) is 3.40. The SMILES string of the molecule is O=C(NCC(c1ccccc1Cl)N1CCOCC1)c1occc1Br. The number of halogens is 2. The maximum Gasteiger partial charge on any atom is 0.288 e. The van der Waals surface area contributed by atoms with Crippen molar-refractivity contribution in [1.82, 2.24) is 10.2 Å². The van der Waals surface area contributed by atoms with Crippen molar-refractivity contribution >= 4 is 33.4 Å². The van der Waals surface area contributed by atoms with E-state index in [1.54, 1.807) is 6.07 Å². The summed E-state index contributed by atoms with van der Waals surface area (Å²) in [5.41, 5.74) is 1.000. The average molecular weight is 414 g/mol. The number of nitrogens with zero attached hydrogens (tertiary/aromatic N) is 1. The van der Waals surface area contributed by atoms with E-state index in [-0.39, 0.29) is 17.7 Å². The Bertz CT molecular complexity index is 701. The Morgan fingerprint density at radius 3 is 2.71 bits per heavy atom. The lowest BCUT2D eigenvalue weighted by Gasteiger charge is -2.35. The van der Waals surface area contributed by atoms with Gasteiger partial charge in [-0.25, -0.2) is 0 Å². The van der Waals surface area contributed by atoms with Gasteiger partial charge in [0.2, 0.25) is 5.76 Å². The highest BCUT2D eigenvalue weighted by Crippen LogP contribution is 2.28. The maximum absolute atomic E-state index is 12.3. The Hall–Kier alpha value is -1.34. The van der Waals surface area contributed by atoms with Gasteiger partial charge >= 0.3 is 0 Å². The summed E-state index contributed by atoms with van der Waals surface area (Å²) >= 11 is 9.69. The van der Waals surface area contributed by atoms with Crippen LogP contribution in [-0.2, 0) is 4.74 Å². The van der Waals surface area contributed by atoms with Gasteiger partial charge in [-0.1, -0.05) is 29.8 Å². The topological polar surface area (TPSA) is 54.7 Å². The van der Waals surface area contributed by atoms with Gasteiger partial charge < -0.3 is 14.5 Å². The number of rotatable bonds is 5. The molecule has 1 saturated heterocycles. The van der Waals surface area contributed by atoms with Crippen molar-refractivity contribution in [3.63, 3.8) is 0 Å². The van der Waals surface area contributed by atoms with E-state index < -0.39 is 0 Å². The molecule has 2 heterocycles. The first kappa shape index (κ1) is 17.5. The lowest BCUT2D eigenvalue weighted by atomic mass is 10.0. The highest BCUT2D eigenvalue weighted by atomic mass is 79.9. The first-order chi connectivity index (χ1) is 11.7. The molecule has 1 unspecified atom stereocenters. The molecule has 0 aliphatic carbocycles. The van der Waals surface area contributed by atoms with Gasteiger partial charge in [-0.3, -0.25) is 9.69 Å². The van der Waals surface area contributed by atoms with Crippen LogP contribution in [0.15, 0.2) is 45.5 Å². The quantitative estimate of drug-likeness (QED) is 0.815. The van der Waals surface area contributed by atoms with Gasteiger partial charge in [0, 0.05) is 24.7 Å². The van der Waals surface area contributed by atoms with Crippen LogP contribution in [0.5, 0.6) is 0 Å². The van der Waals surface area contributed by atoms with Crippen molar-refractivity contribution in [3.8, 4) is 0 Å². The summed E-state index contributed by atoms with van der Waals surface area (Å²) in [5, 5.41) is 3.64. The van der Waals surface area contributed by atoms with Crippen LogP contribution in [0.4, 0.5) is 0 Å². The van der Waals surface area contributed by atoms with E-state index in [1.807, 2.05) is 24.3 Å². The van der Waals surface area contributed by atoms with Crippen molar-refractivity contribution in [2.75, 3.05) is 32.8 Å². The number of carbonyl (C=O) groups is 1. The van der Waals surface area contributed by atoms with E-state index in [0.29, 0.717) is 29.3 Å². The van der Waals surface area contributed by atoms with Crippen molar-refractivity contribution in [1.29, 1.82) is 0 Å². The molecule has 0 spiro atoms. The minimum Gasteiger partial charge on any atom is -0.458 e. The minimum atomic E-state index is -0.253. The molecule has 1 N–H and O–H groups in total. The number of hydrogen-bond donors (Lipinski definition) is 1. The first-order valence-electron chi connectivity index (χ1n) is 7.74. The van der Waals surface area contributed by atoms with Crippen LogP contribution in [0.2, 0.25) is 5.02 Å². The molecule has 1 aromatic carbocycles. The summed E-state index contributed by atoms with van der Waals surface area (Å²) < 4.78 is 11.3. The molecule has 1 aliphatic heterocycles. The normalized spacial score (nSPS) is 16.8. The van der Waals surface area contributed by atoms with Gasteiger partial charge in [-0.15, -0.1) is 0 Å². The monoisotopic (exact) mass is 412 g/mol. The summed E-state index contributed by atoms with van der Waals surface area (Å²) in [4.78, 5) is 14.6. The van der Waals surface area contributed by atoms with Crippen LogP contribution in [0.1, 0.15) is 22.2 Å². The van der Waals surface area contributed by atoms with E-state index >= 15 is 0 Å². The number of nitrogens with one attached hydrogen (secondary N) is 1. The van der Waals surface area contributed by atoms with Crippen LogP contribution in [0, 0.1) is 0 Å². The zero-order valence-electron chi connectivity index (χ0n) is 13.0. The van der Waals surface area contributed by atoms with E-state index in [2.05, 4.69) is 26.1 Å². The lowest BCUT2D eigenvalue weighted by Crippen LogP contribution is -2.44. The fourth-order valence-electron chi connectivity index (χ4n) is 2.80. The maximum atomic E-state index is 12.3. The van der Waals surface area contributed by atoms with E-state index in [9.17, 15) is 4.79 Å². The van der Waals surface area contributed by atoms with E-state index in [4.69, 9.17) is 20.8 Å². The summed E-state index contributed by atoms with van der Waals surface area (Å²) in [7, 11) is 0. The van der Waals surface area contributed by atoms with Crippen LogP contribution in [0.3, 0.4) is 0 Å². The highest BCUT2D eigenvalue weighted by molar-refractivity contribution is 9.10. The molecule has 0 bridgehead atoms. The average Bonchev–Trinajstić information content (AvgIpc) is 3.03. The van der Waals surface area contributed by atoms with Gasteiger partial charge in [0.25, 0.3) is 5.91 Å². The second kappa shape index (κ2) is 8.16. The lowest BCUT2D eigenvalue weighted by molar-refractivity contribution is 0.0162. The number of carbonyl (C=O) groups excluding carboxylic acids is 1. The van der Waals surface area contributed by atoms with Gasteiger partial charge in [-0.05, 0) is 33.6 Å². The molecule has 7 heteroatoms. The zero-order chi connectivity index (χ0) is 16.9. The van der Waals surface area contributed by atoms with Crippen LogP contribution >= 0.6 is 27.5 Å². The molecule has 0 radical (unpaired) electrons. The Morgan fingerprint density at radius 2 is 2.04 bits per heavy atom. The van der Waals surface area contributed by atoms with Crippen molar-refractivity contribution in [2.24, 2.45) is 0 Å². The predicted octanol–water partition coefficient (Wildman–Crippen LogP) is 3.50. The summed E-state index contributed by atoms with van der Waals surface area (Å²) in [5.74, 6) is 0.0204.